The fourth-order valence-electron chi connectivity index (χ4n) is 9.79. The van der Waals surface area contributed by atoms with Gasteiger partial charge < -0.3 is 28.7 Å². The summed E-state index contributed by atoms with van der Waals surface area (Å²) in [5.41, 5.74) is 13.2. The van der Waals surface area contributed by atoms with Gasteiger partial charge in [-0.25, -0.2) is 19.0 Å². The molecule has 16 nitrogen and oxygen atoms in total. The molecule has 0 radical (unpaired) electrons. The average Bonchev–Trinajstić information content (AvgIpc) is 3.97. The third kappa shape index (κ3) is 11.5. The molecule has 8 rings (SSSR count). The lowest BCUT2D eigenvalue weighted by Crippen LogP contribution is -2.40. The summed E-state index contributed by atoms with van der Waals surface area (Å²) >= 11 is 0. The van der Waals surface area contributed by atoms with Crippen molar-refractivity contribution in [2.75, 3.05) is 27.3 Å². The number of aryl methyl sites for hydroxylation is 4. The van der Waals surface area contributed by atoms with Crippen molar-refractivity contribution in [3.63, 3.8) is 0 Å². The molecule has 0 spiro atoms. The number of benzene rings is 4. The molecule has 71 heavy (non-hydrogen) atoms. The SMILES string of the molecule is CCn1nnc2c(C)c([C@@H](CC(=O)OC)c3ccc4c(c3)CN(C(=O)OC(C)(C)C)CC4)ccc21.CCn1nnc2c(C)c([C@H](c3ccc4c(c3)CN(C(=O)OC(C)(C)C)CC4)C(C)C(=O)OC)ccc21. The van der Waals surface area contributed by atoms with E-state index in [-0.39, 0.29) is 42.4 Å². The number of aromatic nitrogens is 6. The van der Waals surface area contributed by atoms with E-state index in [9.17, 15) is 19.2 Å². The topological polar surface area (TPSA) is 173 Å². The molecule has 0 saturated carbocycles. The Morgan fingerprint density at radius 2 is 1.08 bits per heavy atom. The molecule has 1 unspecified atom stereocenters. The summed E-state index contributed by atoms with van der Waals surface area (Å²) in [6.45, 7) is 24.9. The van der Waals surface area contributed by atoms with Gasteiger partial charge in [-0.2, -0.15) is 0 Å². The van der Waals surface area contributed by atoms with Gasteiger partial charge in [-0.1, -0.05) is 65.9 Å². The summed E-state index contributed by atoms with van der Waals surface area (Å²) < 4.78 is 25.1. The van der Waals surface area contributed by atoms with Crippen molar-refractivity contribution in [3.8, 4) is 0 Å². The largest absolute Gasteiger partial charge is 0.469 e. The number of esters is 2. The molecule has 3 atom stereocenters. The molecule has 0 N–H and O–H groups in total. The van der Waals surface area contributed by atoms with Crippen molar-refractivity contribution in [2.45, 2.75) is 145 Å². The Balaban J connectivity index is 0.000000209. The van der Waals surface area contributed by atoms with E-state index in [0.717, 1.165) is 92.5 Å². The minimum Gasteiger partial charge on any atom is -0.469 e. The van der Waals surface area contributed by atoms with Gasteiger partial charge in [0.2, 0.25) is 0 Å². The third-order valence-electron chi connectivity index (χ3n) is 13.5. The molecule has 6 aromatic rings. The third-order valence-corrected chi connectivity index (χ3v) is 13.5. The van der Waals surface area contributed by atoms with E-state index in [1.165, 1.54) is 25.3 Å². The molecule has 0 aliphatic carbocycles. The second-order valence-corrected chi connectivity index (χ2v) is 20.6. The van der Waals surface area contributed by atoms with Crippen LogP contribution in [0.25, 0.3) is 22.1 Å². The number of hydrogen-bond donors (Lipinski definition) is 0. The first-order valence-electron chi connectivity index (χ1n) is 24.6. The van der Waals surface area contributed by atoms with Gasteiger partial charge in [0.1, 0.15) is 22.2 Å². The van der Waals surface area contributed by atoms with E-state index in [1.54, 1.807) is 9.80 Å². The Labute approximate surface area is 416 Å². The van der Waals surface area contributed by atoms with E-state index in [0.29, 0.717) is 26.2 Å². The van der Waals surface area contributed by atoms with Crippen LogP contribution >= 0.6 is 0 Å². The number of hydrogen-bond acceptors (Lipinski definition) is 12. The maximum atomic E-state index is 12.8. The first-order valence-corrected chi connectivity index (χ1v) is 24.6. The van der Waals surface area contributed by atoms with Crippen LogP contribution in [0, 0.1) is 19.8 Å². The van der Waals surface area contributed by atoms with Crippen LogP contribution in [0.4, 0.5) is 9.59 Å². The molecular weight excluding hydrogens is 901 g/mol. The van der Waals surface area contributed by atoms with Gasteiger partial charge in [0.25, 0.3) is 0 Å². The smallest absolute Gasteiger partial charge is 0.410 e. The van der Waals surface area contributed by atoms with Gasteiger partial charge in [0.05, 0.1) is 37.6 Å². The summed E-state index contributed by atoms with van der Waals surface area (Å²) in [4.78, 5) is 54.1. The number of rotatable bonds is 10. The number of amides is 2. The Bertz CT molecular complexity index is 2940. The molecule has 378 valence electrons. The average molecular weight is 971 g/mol. The van der Waals surface area contributed by atoms with Crippen molar-refractivity contribution >= 4 is 46.2 Å². The van der Waals surface area contributed by atoms with Gasteiger partial charge in [0, 0.05) is 51.1 Å². The number of carbonyl (C=O) groups is 4. The molecule has 16 heteroatoms. The molecule has 2 amide bonds. The highest BCUT2D eigenvalue weighted by Gasteiger charge is 2.33. The summed E-state index contributed by atoms with van der Waals surface area (Å²) in [6.07, 6.45) is 1.12. The second kappa shape index (κ2) is 21.3. The molecule has 2 aliphatic heterocycles. The Hall–Kier alpha value is -6.84. The summed E-state index contributed by atoms with van der Waals surface area (Å²) in [7, 11) is 2.83. The quantitative estimate of drug-likeness (QED) is 0.0941. The molecule has 2 aliphatic rings. The number of fused-ring (bicyclic) bond motifs is 4. The summed E-state index contributed by atoms with van der Waals surface area (Å²) in [6, 6.07) is 20.8. The standard InChI is InChI=1S/C28H36N4O4.C27H34N4O4/c1-8-32-23-12-11-22(17(2)25(23)29-30-32)24(18(3)26(33)35-7)20-10-9-19-13-14-31(16-21(19)15-20)27(34)36-28(4,5)6;1-7-31-23-11-10-21(17(2)25(23)28-29-31)22(15-24(32)34-6)19-9-8-18-12-13-30(16-20(18)14-19)26(33)35-27(3,4)5/h9-12,15,18,24H,8,13-14,16H2,1-7H3;8-11,14,22H,7,12-13,15-16H2,1-6H3/t18?,24-;22-/m00/s1. The number of carbonyl (C=O) groups excluding carboxylic acids is 4. The van der Waals surface area contributed by atoms with Gasteiger partial charge in [-0.15, -0.1) is 10.2 Å². The lowest BCUT2D eigenvalue weighted by atomic mass is 9.78. The highest BCUT2D eigenvalue weighted by molar-refractivity contribution is 5.82. The van der Waals surface area contributed by atoms with E-state index >= 15 is 0 Å². The molecule has 4 aromatic carbocycles. The Kier molecular flexibility index (Phi) is 15.6. The van der Waals surface area contributed by atoms with E-state index in [4.69, 9.17) is 18.9 Å². The first kappa shape index (κ1) is 52.0. The van der Waals surface area contributed by atoms with Crippen molar-refractivity contribution < 1.29 is 38.1 Å². The summed E-state index contributed by atoms with van der Waals surface area (Å²) in [5, 5.41) is 17.3. The van der Waals surface area contributed by atoms with Crippen LogP contribution in [-0.4, -0.2) is 102 Å². The Morgan fingerprint density at radius 3 is 1.55 bits per heavy atom. The normalized spacial score (nSPS) is 14.9. The number of methoxy groups -OCH3 is 2. The molecule has 2 aromatic heterocycles. The van der Waals surface area contributed by atoms with Gasteiger partial charge >= 0.3 is 24.1 Å². The number of ether oxygens (including phenoxy) is 4. The zero-order valence-corrected chi connectivity index (χ0v) is 43.7. The van der Waals surface area contributed by atoms with Crippen LogP contribution in [0.15, 0.2) is 60.7 Å². The van der Waals surface area contributed by atoms with Gasteiger partial charge in [0.15, 0.2) is 0 Å². The minimum atomic E-state index is -0.546. The van der Waals surface area contributed by atoms with Crippen molar-refractivity contribution in [1.82, 2.24) is 39.8 Å². The van der Waals surface area contributed by atoms with Gasteiger partial charge in [-0.3, -0.25) is 9.59 Å². The van der Waals surface area contributed by atoms with Crippen molar-refractivity contribution in [1.29, 1.82) is 0 Å². The van der Waals surface area contributed by atoms with E-state index in [1.807, 2.05) is 97.7 Å². The summed E-state index contributed by atoms with van der Waals surface area (Å²) in [5.74, 6) is -1.42. The van der Waals surface area contributed by atoms with Crippen LogP contribution in [0.1, 0.15) is 136 Å². The number of nitrogens with zero attached hydrogens (tertiary/aromatic N) is 8. The van der Waals surface area contributed by atoms with Crippen LogP contribution < -0.4 is 0 Å². The second-order valence-electron chi connectivity index (χ2n) is 20.6. The molecule has 0 bridgehead atoms. The fourth-order valence-corrected chi connectivity index (χ4v) is 9.79. The lowest BCUT2D eigenvalue weighted by Gasteiger charge is -2.32. The van der Waals surface area contributed by atoms with Crippen molar-refractivity contribution in [3.05, 3.63) is 116 Å². The van der Waals surface area contributed by atoms with E-state index in [2.05, 4.69) is 69.2 Å². The molecule has 0 fully saturated rings. The van der Waals surface area contributed by atoms with E-state index < -0.39 is 17.1 Å². The van der Waals surface area contributed by atoms with Crippen LogP contribution in [0.3, 0.4) is 0 Å². The first-order chi connectivity index (χ1) is 33.6. The predicted octanol–water partition coefficient (Wildman–Crippen LogP) is 9.74. The highest BCUT2D eigenvalue weighted by Crippen LogP contribution is 2.39. The van der Waals surface area contributed by atoms with Crippen LogP contribution in [0.2, 0.25) is 0 Å². The zero-order valence-electron chi connectivity index (χ0n) is 43.7. The van der Waals surface area contributed by atoms with Crippen molar-refractivity contribution in [2.24, 2.45) is 5.92 Å². The monoisotopic (exact) mass is 971 g/mol. The molecular formula is C55H70N8O8. The lowest BCUT2D eigenvalue weighted by molar-refractivity contribution is -0.145. The maximum Gasteiger partial charge on any atom is 0.410 e. The maximum absolute atomic E-state index is 12.8. The highest BCUT2D eigenvalue weighted by atomic mass is 16.6. The zero-order chi connectivity index (χ0) is 51.5. The molecule has 4 heterocycles. The predicted molar refractivity (Wildman–Crippen MR) is 271 cm³/mol. The van der Waals surface area contributed by atoms with Crippen LogP contribution in [-0.2, 0) is 67.6 Å². The molecule has 0 saturated heterocycles. The Morgan fingerprint density at radius 1 is 0.620 bits per heavy atom. The minimum absolute atomic E-state index is 0.208. The van der Waals surface area contributed by atoms with Gasteiger partial charge in [-0.05, 0) is 150 Å². The van der Waals surface area contributed by atoms with Crippen LogP contribution in [0.5, 0.6) is 0 Å². The fraction of sp³-hybridized carbons (Fsp3) is 0.491.